The molecule has 82 valence electrons. The van der Waals surface area contributed by atoms with Gasteiger partial charge in [0.2, 0.25) is 0 Å². The Morgan fingerprint density at radius 1 is 0.923 bits per heavy atom. The summed E-state index contributed by atoms with van der Waals surface area (Å²) in [7, 11) is 1.70. The van der Waals surface area contributed by atoms with Gasteiger partial charge < -0.3 is 0 Å². The van der Waals surface area contributed by atoms with Gasteiger partial charge in [0.05, 0.1) is 0 Å². The Balaban J connectivity index is 4.11. The quantitative estimate of drug-likeness (QED) is 0.507. The number of hydrogen-bond donors (Lipinski definition) is 0. The average Bonchev–Trinajstić information content (AvgIpc) is 2.06. The molecule has 5 heteroatoms. The molecule has 0 spiro atoms. The Morgan fingerprint density at radius 3 is 1.54 bits per heavy atom. The van der Waals surface area contributed by atoms with Gasteiger partial charge in [0.1, 0.15) is 0 Å². The van der Waals surface area contributed by atoms with Crippen molar-refractivity contribution >= 4 is 16.1 Å². The molecule has 0 rings (SSSR count). The second-order valence-corrected chi connectivity index (χ2v) is 13.1. The first kappa shape index (κ1) is 13.5. The number of rotatable bonds is 6. The molecule has 0 aliphatic carbocycles. The van der Waals surface area contributed by atoms with Gasteiger partial charge in [-0.15, -0.1) is 0 Å². The maximum absolute atomic E-state index is 5.35. The van der Waals surface area contributed by atoms with Crippen LogP contribution in [0.5, 0.6) is 0 Å². The number of hydrogen-bond acceptors (Lipinski definition) is 3. The molecule has 0 radical (unpaired) electrons. The van der Waals surface area contributed by atoms with Crippen LogP contribution < -0.4 is 0 Å². The molecule has 0 bridgehead atoms. The van der Waals surface area contributed by atoms with Crippen molar-refractivity contribution in [3.8, 4) is 0 Å². The van der Waals surface area contributed by atoms with E-state index in [4.69, 9.17) is 13.3 Å². The van der Waals surface area contributed by atoms with Gasteiger partial charge in [0.15, 0.2) is 0 Å². The molecule has 13 heavy (non-hydrogen) atoms. The molecule has 0 aliphatic rings. The molecule has 0 atom stereocenters. The van der Waals surface area contributed by atoms with Gasteiger partial charge in [-0.2, -0.15) is 0 Å². The summed E-state index contributed by atoms with van der Waals surface area (Å²) in [6.45, 7) is 7.02. The SMILES string of the molecule is CO[Si](CC[PH](C)(C)C)(OC)OC. The molecular formula is C8H23O3PSi. The topological polar surface area (TPSA) is 27.7 Å². The Kier molecular flexibility index (Phi) is 5.64. The zero-order valence-corrected chi connectivity index (χ0v) is 11.6. The summed E-state index contributed by atoms with van der Waals surface area (Å²) in [5.74, 6) is 0. The van der Waals surface area contributed by atoms with E-state index in [0.29, 0.717) is 0 Å². The predicted molar refractivity (Wildman–Crippen MR) is 62.5 cm³/mol. The van der Waals surface area contributed by atoms with E-state index in [2.05, 4.69) is 20.0 Å². The fourth-order valence-electron chi connectivity index (χ4n) is 1.08. The standard InChI is InChI=1S/C8H23O3PSi/c1-9-13(10-2,11-3)8-7-12(4,5)6/h12H,7-8H2,1-6H3. The normalized spacial score (nSPS) is 14.6. The minimum absolute atomic E-state index is 0.937. The molecular weight excluding hydrogens is 203 g/mol. The Morgan fingerprint density at radius 2 is 1.31 bits per heavy atom. The van der Waals surface area contributed by atoms with Crippen molar-refractivity contribution in [2.75, 3.05) is 47.5 Å². The molecule has 0 aliphatic heterocycles. The molecule has 0 saturated heterocycles. The van der Waals surface area contributed by atoms with Gasteiger partial charge in [0, 0.05) is 0 Å². The first-order chi connectivity index (χ1) is 5.89. The summed E-state index contributed by atoms with van der Waals surface area (Å²) >= 11 is 0. The van der Waals surface area contributed by atoms with Crippen molar-refractivity contribution in [2.24, 2.45) is 0 Å². The minimum atomic E-state index is -2.29. The van der Waals surface area contributed by atoms with Crippen molar-refractivity contribution in [3.05, 3.63) is 0 Å². The Bertz CT molecular complexity index is 135. The van der Waals surface area contributed by atoms with Crippen LogP contribution >= 0.6 is 7.26 Å². The summed E-state index contributed by atoms with van der Waals surface area (Å²) < 4.78 is 16.0. The molecule has 0 heterocycles. The maximum atomic E-state index is 5.35. The van der Waals surface area contributed by atoms with Gasteiger partial charge in [0.25, 0.3) is 0 Å². The first-order valence-electron chi connectivity index (χ1n) is 4.54. The van der Waals surface area contributed by atoms with Crippen molar-refractivity contribution in [3.63, 3.8) is 0 Å². The van der Waals surface area contributed by atoms with Gasteiger partial charge in [-0.1, -0.05) is 0 Å². The van der Waals surface area contributed by atoms with E-state index in [-0.39, 0.29) is 0 Å². The van der Waals surface area contributed by atoms with Crippen molar-refractivity contribution < 1.29 is 13.3 Å². The fourth-order valence-corrected chi connectivity index (χ4v) is 6.42. The van der Waals surface area contributed by atoms with Crippen LogP contribution in [-0.2, 0) is 13.3 Å². The molecule has 0 amide bonds. The molecule has 0 N–H and O–H groups in total. The van der Waals surface area contributed by atoms with Crippen molar-refractivity contribution in [1.29, 1.82) is 0 Å². The molecule has 0 aromatic carbocycles. The molecule has 0 unspecified atom stereocenters. The predicted octanol–water partition coefficient (Wildman–Crippen LogP) is 1.50. The Labute approximate surface area is 83.5 Å². The van der Waals surface area contributed by atoms with Crippen molar-refractivity contribution in [1.82, 2.24) is 0 Å². The zero-order valence-electron chi connectivity index (χ0n) is 9.64. The Hall–Kier alpha value is 0.527. The third-order valence-corrected chi connectivity index (χ3v) is 7.09. The fraction of sp³-hybridized carbons (Fsp3) is 1.00. The summed E-state index contributed by atoms with van der Waals surface area (Å²) in [6.07, 6.45) is 1.19. The third-order valence-electron chi connectivity index (χ3n) is 2.11. The summed E-state index contributed by atoms with van der Waals surface area (Å²) in [5.41, 5.74) is 0. The van der Waals surface area contributed by atoms with E-state index in [0.717, 1.165) is 6.04 Å². The molecule has 3 nitrogen and oxygen atoms in total. The van der Waals surface area contributed by atoms with Crippen LogP contribution in [0.3, 0.4) is 0 Å². The molecule has 0 aromatic heterocycles. The van der Waals surface area contributed by atoms with E-state index >= 15 is 0 Å². The summed E-state index contributed by atoms with van der Waals surface area (Å²) in [5, 5.41) is 0. The second-order valence-electron chi connectivity index (χ2n) is 4.36. The van der Waals surface area contributed by atoms with Crippen molar-refractivity contribution in [2.45, 2.75) is 6.04 Å². The van der Waals surface area contributed by atoms with Crippen LogP contribution in [0.2, 0.25) is 6.04 Å². The van der Waals surface area contributed by atoms with E-state index in [1.165, 1.54) is 6.16 Å². The van der Waals surface area contributed by atoms with Crippen LogP contribution in [0.1, 0.15) is 0 Å². The zero-order chi connectivity index (χ0) is 10.5. The van der Waals surface area contributed by atoms with Gasteiger partial charge in [-0.05, 0) is 0 Å². The first-order valence-corrected chi connectivity index (χ1v) is 10.2. The third kappa shape index (κ3) is 5.08. The molecule has 0 saturated carbocycles. The van der Waals surface area contributed by atoms with Crippen LogP contribution in [0.25, 0.3) is 0 Å². The van der Waals surface area contributed by atoms with E-state index in [1.807, 2.05) is 0 Å². The van der Waals surface area contributed by atoms with Crippen LogP contribution in [0, 0.1) is 0 Å². The van der Waals surface area contributed by atoms with Crippen LogP contribution in [0.15, 0.2) is 0 Å². The average molecular weight is 226 g/mol. The van der Waals surface area contributed by atoms with Crippen LogP contribution in [0.4, 0.5) is 0 Å². The summed E-state index contributed by atoms with van der Waals surface area (Å²) in [4.78, 5) is 0. The molecule has 0 fully saturated rings. The second kappa shape index (κ2) is 5.42. The van der Waals surface area contributed by atoms with Crippen LogP contribution in [-0.4, -0.2) is 56.3 Å². The van der Waals surface area contributed by atoms with E-state index in [9.17, 15) is 0 Å². The van der Waals surface area contributed by atoms with Gasteiger partial charge >= 0.3 is 82.9 Å². The molecule has 0 aromatic rings. The monoisotopic (exact) mass is 226 g/mol. The van der Waals surface area contributed by atoms with Gasteiger partial charge in [-0.3, -0.25) is 0 Å². The van der Waals surface area contributed by atoms with Gasteiger partial charge in [-0.25, -0.2) is 0 Å². The van der Waals surface area contributed by atoms with E-state index in [1.54, 1.807) is 21.3 Å². The van der Waals surface area contributed by atoms with E-state index < -0.39 is 16.1 Å². The summed E-state index contributed by atoms with van der Waals surface area (Å²) in [6, 6.07) is 0.937.